The molecule has 2 heterocycles. The van der Waals surface area contributed by atoms with E-state index in [2.05, 4.69) is 5.32 Å². The van der Waals surface area contributed by atoms with Crippen molar-refractivity contribution < 1.29 is 54.7 Å². The Bertz CT molecular complexity index is 676. The van der Waals surface area contributed by atoms with Gasteiger partial charge in [-0.05, 0) is 14.0 Å². The van der Waals surface area contributed by atoms with Gasteiger partial charge in [-0.3, -0.25) is 0 Å². The Hall–Kier alpha value is -0.600. The van der Waals surface area contributed by atoms with E-state index in [0.29, 0.717) is 0 Å². The summed E-state index contributed by atoms with van der Waals surface area (Å²) < 4.78 is 22.2. The Kier molecular flexibility index (Phi) is 8.88. The summed E-state index contributed by atoms with van der Waals surface area (Å²) in [5.41, 5.74) is 16.2. The molecule has 15 atom stereocenters. The molecule has 15 nitrogen and oxygen atoms in total. The summed E-state index contributed by atoms with van der Waals surface area (Å²) in [5.74, 6) is 0. The molecular weight excluding hydrogens is 460 g/mol. The molecule has 1 aliphatic carbocycles. The molecule has 14 N–H and O–H groups in total. The first-order valence-corrected chi connectivity index (χ1v) is 11.1. The second-order valence-corrected chi connectivity index (χ2v) is 9.38. The second-order valence-electron chi connectivity index (χ2n) is 9.38. The zero-order valence-electron chi connectivity index (χ0n) is 19.0. The van der Waals surface area contributed by atoms with Gasteiger partial charge in [-0.2, -0.15) is 0 Å². The van der Waals surface area contributed by atoms with Gasteiger partial charge in [-0.1, -0.05) is 0 Å². The quantitative estimate of drug-likeness (QED) is 0.162. The Balaban J connectivity index is 1.76. The van der Waals surface area contributed by atoms with Crippen molar-refractivity contribution in [1.29, 1.82) is 0 Å². The van der Waals surface area contributed by atoms with Crippen LogP contribution in [0.25, 0.3) is 0 Å². The molecule has 0 spiro atoms. The SMILES string of the molecule is CN[C@H]1[C@@H](O)[C@H](O[C@@H]2[C@H](N)[C@@H](O)[C@H](N)[C@H](O[C@@H]3O[C@H](CN)[C@@H](O)[C@H](O)[C@H]3O)[C@@H]2O)OC[C@@]1(C)O. The van der Waals surface area contributed by atoms with E-state index in [0.717, 1.165) is 0 Å². The van der Waals surface area contributed by atoms with Crippen LogP contribution in [0.15, 0.2) is 0 Å². The van der Waals surface area contributed by atoms with Crippen molar-refractivity contribution in [3.63, 3.8) is 0 Å². The topological polar surface area (TPSA) is 269 Å². The Morgan fingerprint density at radius 1 is 0.853 bits per heavy atom. The van der Waals surface area contributed by atoms with Gasteiger partial charge in [0.05, 0.1) is 30.8 Å². The van der Waals surface area contributed by atoms with Gasteiger partial charge in [0.1, 0.15) is 54.4 Å². The number of likely N-dealkylation sites (N-methyl/N-ethyl adjacent to an activating group) is 1. The minimum atomic E-state index is -1.72. The van der Waals surface area contributed by atoms with Crippen molar-refractivity contribution in [3.8, 4) is 0 Å². The van der Waals surface area contributed by atoms with Gasteiger partial charge in [0.15, 0.2) is 12.6 Å². The molecule has 0 amide bonds. The number of nitrogens with two attached hydrogens (primary N) is 3. The van der Waals surface area contributed by atoms with Gasteiger partial charge in [-0.15, -0.1) is 0 Å². The highest BCUT2D eigenvalue weighted by molar-refractivity contribution is 5.06. The highest BCUT2D eigenvalue weighted by Gasteiger charge is 2.54. The Morgan fingerprint density at radius 2 is 1.41 bits per heavy atom. The first-order chi connectivity index (χ1) is 15.8. The summed E-state index contributed by atoms with van der Waals surface area (Å²) in [6.07, 6.45) is -16.0. The van der Waals surface area contributed by atoms with E-state index in [-0.39, 0.29) is 13.2 Å². The lowest BCUT2D eigenvalue weighted by molar-refractivity contribution is -0.334. The predicted molar refractivity (Wildman–Crippen MR) is 113 cm³/mol. The number of rotatable bonds is 6. The normalized spacial score (nSPS) is 54.7. The zero-order valence-corrected chi connectivity index (χ0v) is 19.0. The van der Waals surface area contributed by atoms with Crippen molar-refractivity contribution in [2.75, 3.05) is 20.2 Å². The van der Waals surface area contributed by atoms with Crippen LogP contribution >= 0.6 is 0 Å². The smallest absolute Gasteiger partial charge is 0.187 e. The molecule has 0 aromatic carbocycles. The third kappa shape index (κ3) is 5.10. The van der Waals surface area contributed by atoms with Crippen LogP contribution in [-0.2, 0) is 18.9 Å². The number of ether oxygens (including phenoxy) is 4. The summed E-state index contributed by atoms with van der Waals surface area (Å²) in [4.78, 5) is 0. The molecule has 2 saturated heterocycles. The minimum Gasteiger partial charge on any atom is -0.390 e. The molecule has 0 radical (unpaired) electrons. The fourth-order valence-corrected chi connectivity index (χ4v) is 4.73. The van der Waals surface area contributed by atoms with Gasteiger partial charge in [0.25, 0.3) is 0 Å². The second kappa shape index (κ2) is 10.8. The molecule has 0 aromatic heterocycles. The van der Waals surface area contributed by atoms with Crippen molar-refractivity contribution in [2.24, 2.45) is 17.2 Å². The number of nitrogens with one attached hydrogen (secondary N) is 1. The van der Waals surface area contributed by atoms with Gasteiger partial charge < -0.3 is 77.2 Å². The monoisotopic (exact) mass is 498 g/mol. The van der Waals surface area contributed by atoms with Gasteiger partial charge in [0, 0.05) is 6.54 Å². The molecular formula is C19H38N4O11. The number of hydrogen-bond donors (Lipinski definition) is 11. The molecule has 1 saturated carbocycles. The van der Waals surface area contributed by atoms with Crippen molar-refractivity contribution in [1.82, 2.24) is 5.32 Å². The number of aliphatic hydroxyl groups is 7. The van der Waals surface area contributed by atoms with Crippen molar-refractivity contribution in [2.45, 2.75) is 98.2 Å². The molecule has 3 rings (SSSR count). The fraction of sp³-hybridized carbons (Fsp3) is 1.00. The Labute approximate surface area is 196 Å². The summed E-state index contributed by atoms with van der Waals surface area (Å²) in [6.45, 7) is 1.07. The maximum absolute atomic E-state index is 11.0. The van der Waals surface area contributed by atoms with Crippen LogP contribution in [0.1, 0.15) is 6.92 Å². The first kappa shape index (κ1) is 28.0. The highest BCUT2D eigenvalue weighted by Crippen LogP contribution is 2.32. The molecule has 3 fully saturated rings. The first-order valence-electron chi connectivity index (χ1n) is 11.1. The van der Waals surface area contributed by atoms with E-state index >= 15 is 0 Å². The lowest BCUT2D eigenvalue weighted by Gasteiger charge is -2.50. The average Bonchev–Trinajstić information content (AvgIpc) is 2.79. The molecule has 3 aliphatic rings. The molecule has 34 heavy (non-hydrogen) atoms. The molecule has 15 heteroatoms. The van der Waals surface area contributed by atoms with Crippen LogP contribution in [-0.4, -0.2) is 147 Å². The summed E-state index contributed by atoms with van der Waals surface area (Å²) in [5, 5.41) is 75.7. The molecule has 2 aliphatic heterocycles. The van der Waals surface area contributed by atoms with Crippen LogP contribution in [0.4, 0.5) is 0 Å². The van der Waals surface area contributed by atoms with E-state index in [9.17, 15) is 35.7 Å². The van der Waals surface area contributed by atoms with Crippen LogP contribution in [0.2, 0.25) is 0 Å². The summed E-state index contributed by atoms with van der Waals surface area (Å²) >= 11 is 0. The third-order valence-corrected chi connectivity index (χ3v) is 6.85. The van der Waals surface area contributed by atoms with E-state index in [1.807, 2.05) is 0 Å². The van der Waals surface area contributed by atoms with Crippen LogP contribution in [0.5, 0.6) is 0 Å². The predicted octanol–water partition coefficient (Wildman–Crippen LogP) is -7.03. The lowest BCUT2D eigenvalue weighted by atomic mass is 9.81. The van der Waals surface area contributed by atoms with E-state index in [4.69, 9.17) is 36.1 Å². The fourth-order valence-electron chi connectivity index (χ4n) is 4.73. The summed E-state index contributed by atoms with van der Waals surface area (Å²) in [6, 6.07) is -3.32. The van der Waals surface area contributed by atoms with Crippen LogP contribution in [0, 0.1) is 0 Å². The number of aliphatic hydroxyl groups excluding tert-OH is 6. The highest BCUT2D eigenvalue weighted by atomic mass is 16.7. The third-order valence-electron chi connectivity index (χ3n) is 6.85. The van der Waals surface area contributed by atoms with Crippen molar-refractivity contribution in [3.05, 3.63) is 0 Å². The maximum atomic E-state index is 11.0. The molecule has 0 bridgehead atoms. The lowest BCUT2D eigenvalue weighted by Crippen LogP contribution is -2.73. The largest absolute Gasteiger partial charge is 0.390 e. The van der Waals surface area contributed by atoms with E-state index < -0.39 is 91.2 Å². The van der Waals surface area contributed by atoms with E-state index in [1.165, 1.54) is 14.0 Å². The molecule has 200 valence electrons. The summed E-state index contributed by atoms with van der Waals surface area (Å²) in [7, 11) is 1.54. The van der Waals surface area contributed by atoms with E-state index in [1.54, 1.807) is 0 Å². The Morgan fingerprint density at radius 3 is 1.94 bits per heavy atom. The molecule has 0 aromatic rings. The average molecular weight is 499 g/mol. The van der Waals surface area contributed by atoms with Gasteiger partial charge in [0.2, 0.25) is 0 Å². The van der Waals surface area contributed by atoms with Crippen LogP contribution < -0.4 is 22.5 Å². The zero-order chi connectivity index (χ0) is 25.5. The van der Waals surface area contributed by atoms with Crippen molar-refractivity contribution >= 4 is 0 Å². The van der Waals surface area contributed by atoms with Gasteiger partial charge >= 0.3 is 0 Å². The minimum absolute atomic E-state index is 0.198. The molecule has 0 unspecified atom stereocenters. The standard InChI is InChI=1S/C19H38N4O11/c1-19(30)4-31-17(13(29)16(19)23-2)33-14-6(21)9(25)7(22)15(12(14)28)34-18-11(27)10(26)8(24)5(3-20)32-18/h5-18,23-30H,3-4,20-22H2,1-2H3/t5-,6-,7+,8-,9-,10+,11-,12-,13-,14-,15+,16+,17+,18+,19-/m1/s1. The van der Waals surface area contributed by atoms with Gasteiger partial charge in [-0.25, -0.2) is 0 Å². The van der Waals surface area contributed by atoms with Crippen LogP contribution in [0.3, 0.4) is 0 Å². The number of hydrogen-bond acceptors (Lipinski definition) is 15. The maximum Gasteiger partial charge on any atom is 0.187 e.